The lowest BCUT2D eigenvalue weighted by Gasteiger charge is -2.27. The van der Waals surface area contributed by atoms with E-state index in [2.05, 4.69) is 24.1 Å². The highest BCUT2D eigenvalue weighted by atomic mass is 35.5. The Bertz CT molecular complexity index is 902. The number of carbonyl (C=O) groups excluding carboxylic acids is 2. The van der Waals surface area contributed by atoms with Gasteiger partial charge in [0.25, 0.3) is 5.91 Å². The van der Waals surface area contributed by atoms with Gasteiger partial charge in [-0.15, -0.1) is 12.4 Å². The molecule has 0 bridgehead atoms. The number of amides is 2. The first kappa shape index (κ1) is 24.2. The molecule has 1 heterocycles. The molecule has 3 N–H and O–H groups in total. The zero-order valence-electron chi connectivity index (χ0n) is 17.2. The van der Waals surface area contributed by atoms with Crippen LogP contribution in [-0.2, 0) is 4.79 Å². The van der Waals surface area contributed by atoms with Crippen LogP contribution in [0.2, 0.25) is 5.02 Å². The molecule has 3 rings (SSSR count). The highest BCUT2D eigenvalue weighted by Gasteiger charge is 2.31. The van der Waals surface area contributed by atoms with Crippen molar-refractivity contribution in [3.8, 4) is 0 Å². The zero-order chi connectivity index (χ0) is 21.0. The second kappa shape index (κ2) is 10.8. The molecule has 2 aromatic carbocycles. The molecule has 1 aliphatic heterocycles. The third-order valence-corrected chi connectivity index (χ3v) is 5.49. The zero-order valence-corrected chi connectivity index (χ0v) is 18.8. The highest BCUT2D eigenvalue weighted by Crippen LogP contribution is 2.39. The molecule has 162 valence electrons. The fourth-order valence-corrected chi connectivity index (χ4v) is 3.76. The second-order valence-corrected chi connectivity index (χ2v) is 7.52. The third kappa shape index (κ3) is 5.13. The predicted octanol–water partition coefficient (Wildman–Crippen LogP) is 4.44. The summed E-state index contributed by atoms with van der Waals surface area (Å²) in [7, 11) is 0. The molecular formula is C22H28Cl2N4O2. The standard InChI is InChI=1S/C22H27ClN4O2.ClH/c1-3-26(4-2)13-7-9-17(24)22(29)27-19-10-6-5-8-16(19)21(28)25-18-14-15(23)11-12-20(18)27;/h5-6,8,10-12,14,17H,3-4,7,9,13,24H2,1-2H3,(H,25,28);1H. The van der Waals surface area contributed by atoms with Gasteiger partial charge in [-0.05, 0) is 62.8 Å². The van der Waals surface area contributed by atoms with Crippen LogP contribution in [0, 0.1) is 0 Å². The molecular weight excluding hydrogens is 423 g/mol. The maximum absolute atomic E-state index is 13.4. The largest absolute Gasteiger partial charge is 0.320 e. The number of anilines is 3. The Morgan fingerprint density at radius 3 is 2.57 bits per heavy atom. The smallest absolute Gasteiger partial charge is 0.257 e. The van der Waals surface area contributed by atoms with Crippen LogP contribution in [0.15, 0.2) is 42.5 Å². The number of nitrogens with zero attached hydrogens (tertiary/aromatic N) is 2. The molecule has 0 aliphatic carbocycles. The van der Waals surface area contributed by atoms with E-state index in [0.717, 1.165) is 26.1 Å². The lowest BCUT2D eigenvalue weighted by atomic mass is 10.1. The van der Waals surface area contributed by atoms with Gasteiger partial charge >= 0.3 is 0 Å². The fraction of sp³-hybridized carbons (Fsp3) is 0.364. The topological polar surface area (TPSA) is 78.7 Å². The van der Waals surface area contributed by atoms with Crippen molar-refractivity contribution in [3.63, 3.8) is 0 Å². The lowest BCUT2D eigenvalue weighted by molar-refractivity contribution is -0.119. The fourth-order valence-electron chi connectivity index (χ4n) is 3.58. The molecule has 0 saturated heterocycles. The number of para-hydroxylation sites is 1. The summed E-state index contributed by atoms with van der Waals surface area (Å²) < 4.78 is 0. The first-order valence-corrected chi connectivity index (χ1v) is 10.4. The van der Waals surface area contributed by atoms with Crippen LogP contribution in [-0.4, -0.2) is 42.4 Å². The number of hydrogen-bond acceptors (Lipinski definition) is 4. The summed E-state index contributed by atoms with van der Waals surface area (Å²) in [6, 6.07) is 11.5. The molecule has 2 amide bonds. The average Bonchev–Trinajstić information content (AvgIpc) is 2.84. The molecule has 0 spiro atoms. The second-order valence-electron chi connectivity index (χ2n) is 7.08. The van der Waals surface area contributed by atoms with Crippen LogP contribution in [0.5, 0.6) is 0 Å². The average molecular weight is 451 g/mol. The van der Waals surface area contributed by atoms with Crippen LogP contribution in [0.3, 0.4) is 0 Å². The lowest BCUT2D eigenvalue weighted by Crippen LogP contribution is -2.42. The van der Waals surface area contributed by atoms with Crippen molar-refractivity contribution in [2.75, 3.05) is 29.9 Å². The van der Waals surface area contributed by atoms with E-state index in [9.17, 15) is 9.59 Å². The monoisotopic (exact) mass is 450 g/mol. The minimum Gasteiger partial charge on any atom is -0.320 e. The molecule has 6 nitrogen and oxygen atoms in total. The molecule has 0 aromatic heterocycles. The summed E-state index contributed by atoms with van der Waals surface area (Å²) in [4.78, 5) is 29.9. The summed E-state index contributed by atoms with van der Waals surface area (Å²) in [5.74, 6) is -0.522. The number of halogens is 2. The first-order valence-electron chi connectivity index (χ1n) is 9.98. The molecule has 2 aromatic rings. The number of hydrogen-bond donors (Lipinski definition) is 2. The molecule has 1 aliphatic rings. The van der Waals surface area contributed by atoms with Crippen LogP contribution >= 0.6 is 24.0 Å². The van der Waals surface area contributed by atoms with Gasteiger partial charge in [0.2, 0.25) is 5.91 Å². The van der Waals surface area contributed by atoms with Crippen molar-refractivity contribution in [2.45, 2.75) is 32.7 Å². The van der Waals surface area contributed by atoms with Crippen molar-refractivity contribution in [3.05, 3.63) is 53.1 Å². The van der Waals surface area contributed by atoms with Gasteiger partial charge in [-0.1, -0.05) is 37.6 Å². The van der Waals surface area contributed by atoms with Gasteiger partial charge in [0.15, 0.2) is 0 Å². The summed E-state index contributed by atoms with van der Waals surface area (Å²) in [6.07, 6.45) is 1.40. The molecule has 0 fully saturated rings. The van der Waals surface area contributed by atoms with Gasteiger partial charge in [-0.25, -0.2) is 0 Å². The Morgan fingerprint density at radius 1 is 1.17 bits per heavy atom. The van der Waals surface area contributed by atoms with E-state index in [1.807, 2.05) is 0 Å². The summed E-state index contributed by atoms with van der Waals surface area (Å²) in [5.41, 5.74) is 8.30. The Kier molecular flexibility index (Phi) is 8.67. The van der Waals surface area contributed by atoms with Crippen LogP contribution in [0.1, 0.15) is 37.0 Å². The molecule has 1 unspecified atom stereocenters. The van der Waals surface area contributed by atoms with E-state index in [-0.39, 0.29) is 24.2 Å². The predicted molar refractivity (Wildman–Crippen MR) is 125 cm³/mol. The van der Waals surface area contributed by atoms with Gasteiger partial charge in [-0.3, -0.25) is 14.5 Å². The highest BCUT2D eigenvalue weighted by molar-refractivity contribution is 6.31. The minimum atomic E-state index is -0.671. The van der Waals surface area contributed by atoms with Crippen molar-refractivity contribution < 1.29 is 9.59 Å². The minimum absolute atomic E-state index is 0. The van der Waals surface area contributed by atoms with E-state index in [4.69, 9.17) is 17.3 Å². The Balaban J connectivity index is 0.00000320. The summed E-state index contributed by atoms with van der Waals surface area (Å²) >= 11 is 6.12. The van der Waals surface area contributed by atoms with Crippen molar-refractivity contribution in [1.82, 2.24) is 4.90 Å². The van der Waals surface area contributed by atoms with E-state index in [0.29, 0.717) is 34.1 Å². The van der Waals surface area contributed by atoms with Gasteiger partial charge < -0.3 is 16.0 Å². The van der Waals surface area contributed by atoms with Gasteiger partial charge in [0, 0.05) is 5.02 Å². The van der Waals surface area contributed by atoms with Crippen molar-refractivity contribution in [2.24, 2.45) is 5.73 Å². The van der Waals surface area contributed by atoms with Gasteiger partial charge in [0.05, 0.1) is 28.7 Å². The van der Waals surface area contributed by atoms with Gasteiger partial charge in [0.1, 0.15) is 0 Å². The quantitative estimate of drug-likeness (QED) is 0.653. The van der Waals surface area contributed by atoms with Crippen LogP contribution < -0.4 is 16.0 Å². The third-order valence-electron chi connectivity index (χ3n) is 5.26. The molecule has 0 radical (unpaired) electrons. The number of nitrogens with two attached hydrogens (primary N) is 1. The molecule has 1 atom stereocenters. The maximum atomic E-state index is 13.4. The van der Waals surface area contributed by atoms with E-state index < -0.39 is 6.04 Å². The Labute approximate surface area is 188 Å². The number of nitrogens with one attached hydrogen (secondary N) is 1. The van der Waals surface area contributed by atoms with Gasteiger partial charge in [-0.2, -0.15) is 0 Å². The van der Waals surface area contributed by atoms with Crippen molar-refractivity contribution in [1.29, 1.82) is 0 Å². The Hall–Kier alpha value is -2.12. The first-order chi connectivity index (χ1) is 14.0. The number of benzene rings is 2. The van der Waals surface area contributed by atoms with Crippen LogP contribution in [0.25, 0.3) is 0 Å². The number of fused-ring (bicyclic) bond motifs is 2. The Morgan fingerprint density at radius 2 is 1.87 bits per heavy atom. The van der Waals surface area contributed by atoms with E-state index in [1.165, 1.54) is 0 Å². The molecule has 30 heavy (non-hydrogen) atoms. The van der Waals surface area contributed by atoms with E-state index in [1.54, 1.807) is 47.4 Å². The number of rotatable bonds is 7. The molecule has 0 saturated carbocycles. The number of carbonyl (C=O) groups is 2. The summed E-state index contributed by atoms with van der Waals surface area (Å²) in [5, 5.41) is 3.33. The summed E-state index contributed by atoms with van der Waals surface area (Å²) in [6.45, 7) is 7.09. The van der Waals surface area contributed by atoms with Crippen LogP contribution in [0.4, 0.5) is 17.1 Å². The van der Waals surface area contributed by atoms with Crippen molar-refractivity contribution >= 4 is 52.9 Å². The SMILES string of the molecule is CCN(CC)CCCC(N)C(=O)N1c2ccc(Cl)cc2NC(=O)c2ccccc21.Cl. The molecule has 8 heteroatoms. The van der Waals surface area contributed by atoms with E-state index >= 15 is 0 Å². The maximum Gasteiger partial charge on any atom is 0.257 e. The normalized spacial score (nSPS) is 13.6.